The average molecular weight is 262 g/mol. The predicted molar refractivity (Wildman–Crippen MR) is 78.8 cm³/mol. The molecule has 1 aliphatic rings. The zero-order valence-corrected chi connectivity index (χ0v) is 12.0. The van der Waals surface area contributed by atoms with E-state index in [1.807, 2.05) is 6.07 Å². The van der Waals surface area contributed by atoms with Crippen LogP contribution in [-0.4, -0.2) is 34.2 Å². The largest absolute Gasteiger partial charge is 0.390 e. The molecule has 0 saturated carbocycles. The molecule has 3 heteroatoms. The number of hydrogen-bond donors (Lipinski definition) is 2. The molecule has 0 bridgehead atoms. The van der Waals surface area contributed by atoms with Crippen LogP contribution in [0.3, 0.4) is 0 Å². The first-order valence-electron chi connectivity index (χ1n) is 7.26. The standard InChI is InChI=1S/C16H26N2O/c1-13-10-16(19,8-9-17)11-14(2)18(13)12-15-6-4-3-5-7-15/h3-7,13-14,19H,8-12,17H2,1-2H3/t13-,14+,16?. The zero-order chi connectivity index (χ0) is 13.9. The Balaban J connectivity index is 2.04. The lowest BCUT2D eigenvalue weighted by Gasteiger charge is -2.47. The molecule has 106 valence electrons. The molecule has 1 aliphatic heterocycles. The molecule has 1 heterocycles. The smallest absolute Gasteiger partial charge is 0.0689 e. The van der Waals surface area contributed by atoms with Gasteiger partial charge >= 0.3 is 0 Å². The number of piperidine rings is 1. The molecular weight excluding hydrogens is 236 g/mol. The first-order valence-corrected chi connectivity index (χ1v) is 7.26. The highest BCUT2D eigenvalue weighted by Gasteiger charge is 2.39. The van der Waals surface area contributed by atoms with E-state index in [-0.39, 0.29) is 0 Å². The van der Waals surface area contributed by atoms with Crippen molar-refractivity contribution in [2.75, 3.05) is 6.54 Å². The molecule has 3 atom stereocenters. The van der Waals surface area contributed by atoms with Gasteiger partial charge in [-0.25, -0.2) is 0 Å². The van der Waals surface area contributed by atoms with Crippen LogP contribution in [0.15, 0.2) is 30.3 Å². The van der Waals surface area contributed by atoms with Crippen molar-refractivity contribution >= 4 is 0 Å². The second-order valence-corrected chi connectivity index (χ2v) is 6.03. The highest BCUT2D eigenvalue weighted by atomic mass is 16.3. The molecule has 1 unspecified atom stereocenters. The molecule has 1 saturated heterocycles. The Labute approximate surface area is 116 Å². The third-order valence-corrected chi connectivity index (χ3v) is 4.30. The van der Waals surface area contributed by atoms with Gasteiger partial charge in [-0.15, -0.1) is 0 Å². The molecule has 3 N–H and O–H groups in total. The third kappa shape index (κ3) is 3.56. The van der Waals surface area contributed by atoms with Crippen LogP contribution in [0.1, 0.15) is 38.7 Å². The normalized spacial score (nSPS) is 32.4. The van der Waals surface area contributed by atoms with Gasteiger partial charge in [0.1, 0.15) is 0 Å². The van der Waals surface area contributed by atoms with Gasteiger partial charge in [0.05, 0.1) is 5.60 Å². The minimum absolute atomic E-state index is 0.389. The Morgan fingerprint density at radius 3 is 2.32 bits per heavy atom. The Morgan fingerprint density at radius 2 is 1.79 bits per heavy atom. The van der Waals surface area contributed by atoms with E-state index in [1.165, 1.54) is 5.56 Å². The summed E-state index contributed by atoms with van der Waals surface area (Å²) in [7, 11) is 0. The van der Waals surface area contributed by atoms with E-state index in [2.05, 4.69) is 43.0 Å². The Kier molecular flexibility index (Phi) is 4.61. The fourth-order valence-corrected chi connectivity index (χ4v) is 3.43. The molecule has 3 nitrogen and oxygen atoms in total. The molecule has 1 aromatic carbocycles. The Hall–Kier alpha value is -0.900. The van der Waals surface area contributed by atoms with Gasteiger partial charge in [-0.3, -0.25) is 4.90 Å². The Bertz CT molecular complexity index is 381. The highest BCUT2D eigenvalue weighted by Crippen LogP contribution is 2.34. The van der Waals surface area contributed by atoms with Crippen LogP contribution >= 0.6 is 0 Å². The van der Waals surface area contributed by atoms with E-state index >= 15 is 0 Å². The van der Waals surface area contributed by atoms with Crippen LogP contribution in [0.5, 0.6) is 0 Å². The maximum atomic E-state index is 10.6. The van der Waals surface area contributed by atoms with Gasteiger partial charge in [0, 0.05) is 18.6 Å². The SMILES string of the molecule is C[C@@H]1CC(O)(CCN)C[C@H](C)N1Cc1ccccc1. The van der Waals surface area contributed by atoms with E-state index < -0.39 is 5.60 Å². The number of likely N-dealkylation sites (tertiary alicyclic amines) is 1. The minimum atomic E-state index is -0.569. The van der Waals surface area contributed by atoms with E-state index in [4.69, 9.17) is 5.73 Å². The van der Waals surface area contributed by atoms with Gasteiger partial charge in [-0.2, -0.15) is 0 Å². The first kappa shape index (κ1) is 14.5. The number of benzene rings is 1. The van der Waals surface area contributed by atoms with Crippen molar-refractivity contribution in [3.05, 3.63) is 35.9 Å². The van der Waals surface area contributed by atoms with Gasteiger partial charge in [0.2, 0.25) is 0 Å². The topological polar surface area (TPSA) is 49.5 Å². The third-order valence-electron chi connectivity index (χ3n) is 4.30. The second-order valence-electron chi connectivity index (χ2n) is 6.03. The zero-order valence-electron chi connectivity index (χ0n) is 12.0. The summed E-state index contributed by atoms with van der Waals surface area (Å²) in [5.74, 6) is 0. The van der Waals surface area contributed by atoms with Crippen molar-refractivity contribution < 1.29 is 5.11 Å². The maximum absolute atomic E-state index is 10.6. The second kappa shape index (κ2) is 6.04. The number of nitrogens with zero attached hydrogens (tertiary/aromatic N) is 1. The lowest BCUT2D eigenvalue weighted by atomic mass is 9.80. The minimum Gasteiger partial charge on any atom is -0.390 e. The van der Waals surface area contributed by atoms with E-state index in [0.29, 0.717) is 25.0 Å². The summed E-state index contributed by atoms with van der Waals surface area (Å²) in [4.78, 5) is 2.49. The van der Waals surface area contributed by atoms with Crippen molar-refractivity contribution in [3.63, 3.8) is 0 Å². The summed E-state index contributed by atoms with van der Waals surface area (Å²) < 4.78 is 0. The molecule has 1 fully saturated rings. The monoisotopic (exact) mass is 262 g/mol. The summed E-state index contributed by atoms with van der Waals surface area (Å²) in [6, 6.07) is 11.3. The van der Waals surface area contributed by atoms with Gasteiger partial charge in [-0.1, -0.05) is 30.3 Å². The molecular formula is C16H26N2O. The fraction of sp³-hybridized carbons (Fsp3) is 0.625. The van der Waals surface area contributed by atoms with Crippen LogP contribution in [0.2, 0.25) is 0 Å². The van der Waals surface area contributed by atoms with Crippen molar-refractivity contribution in [3.8, 4) is 0 Å². The molecule has 0 spiro atoms. The summed E-state index contributed by atoms with van der Waals surface area (Å²) in [6.07, 6.45) is 2.35. The van der Waals surface area contributed by atoms with Crippen LogP contribution in [0.4, 0.5) is 0 Å². The van der Waals surface area contributed by atoms with E-state index in [0.717, 1.165) is 19.4 Å². The number of aliphatic hydroxyl groups is 1. The van der Waals surface area contributed by atoms with Crippen LogP contribution < -0.4 is 5.73 Å². The van der Waals surface area contributed by atoms with Gasteiger partial charge in [-0.05, 0) is 45.2 Å². The maximum Gasteiger partial charge on any atom is 0.0689 e. The molecule has 1 aromatic rings. The molecule has 0 radical (unpaired) electrons. The summed E-state index contributed by atoms with van der Waals surface area (Å²) >= 11 is 0. The van der Waals surface area contributed by atoms with Crippen LogP contribution in [0, 0.1) is 0 Å². The summed E-state index contributed by atoms with van der Waals surface area (Å²) in [6.45, 7) is 5.94. The van der Waals surface area contributed by atoms with Crippen LogP contribution in [-0.2, 0) is 6.54 Å². The molecule has 19 heavy (non-hydrogen) atoms. The fourth-order valence-electron chi connectivity index (χ4n) is 3.43. The van der Waals surface area contributed by atoms with E-state index in [9.17, 15) is 5.11 Å². The molecule has 0 amide bonds. The van der Waals surface area contributed by atoms with Gasteiger partial charge in [0.25, 0.3) is 0 Å². The first-order chi connectivity index (χ1) is 9.04. The highest BCUT2D eigenvalue weighted by molar-refractivity contribution is 5.15. The lowest BCUT2D eigenvalue weighted by molar-refractivity contribution is -0.0724. The van der Waals surface area contributed by atoms with Crippen molar-refractivity contribution in [2.24, 2.45) is 5.73 Å². The van der Waals surface area contributed by atoms with E-state index in [1.54, 1.807) is 0 Å². The Morgan fingerprint density at radius 1 is 1.21 bits per heavy atom. The summed E-state index contributed by atoms with van der Waals surface area (Å²) in [5.41, 5.74) is 6.39. The van der Waals surface area contributed by atoms with Crippen molar-refractivity contribution in [2.45, 2.75) is 57.3 Å². The van der Waals surface area contributed by atoms with Crippen LogP contribution in [0.25, 0.3) is 0 Å². The quantitative estimate of drug-likeness (QED) is 0.874. The van der Waals surface area contributed by atoms with Gasteiger partial charge in [0.15, 0.2) is 0 Å². The average Bonchev–Trinajstić information content (AvgIpc) is 2.35. The molecule has 2 rings (SSSR count). The lowest BCUT2D eigenvalue weighted by Crippen LogP contribution is -2.53. The van der Waals surface area contributed by atoms with Gasteiger partial charge < -0.3 is 10.8 Å². The number of hydrogen-bond acceptors (Lipinski definition) is 3. The van der Waals surface area contributed by atoms with Crippen molar-refractivity contribution in [1.29, 1.82) is 0 Å². The molecule has 0 aromatic heterocycles. The number of nitrogens with two attached hydrogens (primary N) is 1. The molecule has 0 aliphatic carbocycles. The summed E-state index contributed by atoms with van der Waals surface area (Å²) in [5, 5.41) is 10.6. The predicted octanol–water partition coefficient (Wildman–Crippen LogP) is 2.14. The van der Waals surface area contributed by atoms with Crippen molar-refractivity contribution in [1.82, 2.24) is 4.90 Å². The number of rotatable bonds is 4.